The molecule has 0 unspecified atom stereocenters. The van der Waals surface area contributed by atoms with Gasteiger partial charge in [0.15, 0.2) is 11.6 Å². The minimum atomic E-state index is -0.231. The second kappa shape index (κ2) is 9.76. The maximum atomic E-state index is 13.6. The number of hydrogen-bond donors (Lipinski definition) is 1. The minimum Gasteiger partial charge on any atom is -0.491 e. The number of unbranched alkanes of at least 4 members (excludes halogenated alkanes) is 3. The van der Waals surface area contributed by atoms with Gasteiger partial charge >= 0.3 is 0 Å². The van der Waals surface area contributed by atoms with Crippen LogP contribution in [0.25, 0.3) is 0 Å². The van der Waals surface area contributed by atoms with Crippen LogP contribution >= 0.6 is 0 Å². The van der Waals surface area contributed by atoms with Gasteiger partial charge in [-0.1, -0.05) is 38.8 Å². The molecule has 0 atom stereocenters. The smallest absolute Gasteiger partial charge is 0.167 e. The highest BCUT2D eigenvalue weighted by Gasteiger charge is 2.04. The summed E-state index contributed by atoms with van der Waals surface area (Å²) in [5.41, 5.74) is 0.638. The molecule has 0 radical (unpaired) electrons. The first-order valence-electron chi connectivity index (χ1n) is 7.70. The second-order valence-corrected chi connectivity index (χ2v) is 5.75. The predicted molar refractivity (Wildman–Crippen MR) is 82.8 cm³/mol. The van der Waals surface area contributed by atoms with E-state index in [1.54, 1.807) is 19.1 Å². The Morgan fingerprint density at radius 2 is 1.90 bits per heavy atom. The van der Waals surface area contributed by atoms with Crippen molar-refractivity contribution in [3.05, 3.63) is 29.6 Å². The van der Waals surface area contributed by atoms with Crippen LogP contribution in [0.4, 0.5) is 4.39 Å². The van der Waals surface area contributed by atoms with Crippen molar-refractivity contribution in [3.63, 3.8) is 0 Å². The summed E-state index contributed by atoms with van der Waals surface area (Å²) in [4.78, 5) is 0. The van der Waals surface area contributed by atoms with Crippen molar-refractivity contribution >= 4 is 0 Å². The third kappa shape index (κ3) is 6.90. The molecule has 0 saturated heterocycles. The van der Waals surface area contributed by atoms with E-state index in [2.05, 4.69) is 19.2 Å². The molecule has 0 aliphatic carbocycles. The standard InChI is InChI=1S/C17H28FNO/c1-14(2)13-19-11-6-4-5-7-12-20-16-10-8-9-15(3)17(16)18/h8-10,14,19H,4-7,11-13H2,1-3H3. The molecular weight excluding hydrogens is 253 g/mol. The summed E-state index contributed by atoms with van der Waals surface area (Å²) in [6.07, 6.45) is 4.52. The fourth-order valence-electron chi connectivity index (χ4n) is 2.01. The quantitative estimate of drug-likeness (QED) is 0.645. The Morgan fingerprint density at radius 3 is 2.65 bits per heavy atom. The zero-order valence-corrected chi connectivity index (χ0v) is 13.0. The molecule has 0 spiro atoms. The Bertz CT molecular complexity index is 379. The molecule has 2 nitrogen and oxygen atoms in total. The molecule has 0 heterocycles. The number of nitrogens with one attached hydrogen (secondary N) is 1. The molecular formula is C17H28FNO. The van der Waals surface area contributed by atoms with Crippen LogP contribution < -0.4 is 10.1 Å². The number of halogens is 1. The zero-order valence-electron chi connectivity index (χ0n) is 13.0. The number of hydrogen-bond acceptors (Lipinski definition) is 2. The van der Waals surface area contributed by atoms with Crippen molar-refractivity contribution in [2.45, 2.75) is 46.5 Å². The maximum Gasteiger partial charge on any atom is 0.167 e. The lowest BCUT2D eigenvalue weighted by molar-refractivity contribution is 0.289. The second-order valence-electron chi connectivity index (χ2n) is 5.75. The summed E-state index contributed by atoms with van der Waals surface area (Å²) < 4.78 is 19.1. The van der Waals surface area contributed by atoms with Crippen molar-refractivity contribution in [1.29, 1.82) is 0 Å². The lowest BCUT2D eigenvalue weighted by atomic mass is 10.2. The molecule has 20 heavy (non-hydrogen) atoms. The van der Waals surface area contributed by atoms with Crippen molar-refractivity contribution in [1.82, 2.24) is 5.32 Å². The van der Waals surface area contributed by atoms with Crippen LogP contribution in [0, 0.1) is 18.7 Å². The van der Waals surface area contributed by atoms with Crippen molar-refractivity contribution < 1.29 is 9.13 Å². The molecule has 0 amide bonds. The van der Waals surface area contributed by atoms with Crippen LogP contribution in [0.3, 0.4) is 0 Å². The predicted octanol–water partition coefficient (Wildman–Crippen LogP) is 4.32. The van der Waals surface area contributed by atoms with E-state index < -0.39 is 0 Å². The highest BCUT2D eigenvalue weighted by Crippen LogP contribution is 2.19. The molecule has 1 rings (SSSR count). The third-order valence-electron chi connectivity index (χ3n) is 3.21. The fourth-order valence-corrected chi connectivity index (χ4v) is 2.01. The fraction of sp³-hybridized carbons (Fsp3) is 0.647. The van der Waals surface area contributed by atoms with Gasteiger partial charge < -0.3 is 10.1 Å². The monoisotopic (exact) mass is 281 g/mol. The van der Waals surface area contributed by atoms with Gasteiger partial charge in [-0.25, -0.2) is 4.39 Å². The first kappa shape index (κ1) is 17.0. The topological polar surface area (TPSA) is 21.3 Å². The van der Waals surface area contributed by atoms with Crippen LogP contribution in [-0.4, -0.2) is 19.7 Å². The SMILES string of the molecule is Cc1cccc(OCCCCCCNCC(C)C)c1F. The van der Waals surface area contributed by atoms with E-state index in [1.165, 1.54) is 12.8 Å². The molecule has 0 aromatic heterocycles. The Morgan fingerprint density at radius 1 is 1.15 bits per heavy atom. The Hall–Kier alpha value is -1.09. The summed E-state index contributed by atoms with van der Waals surface area (Å²) in [7, 11) is 0. The third-order valence-corrected chi connectivity index (χ3v) is 3.21. The Labute approximate surface area is 122 Å². The van der Waals surface area contributed by atoms with Crippen LogP contribution in [0.5, 0.6) is 5.75 Å². The minimum absolute atomic E-state index is 0.231. The molecule has 0 aliphatic rings. The first-order valence-corrected chi connectivity index (χ1v) is 7.70. The van der Waals surface area contributed by atoms with Crippen molar-refractivity contribution in [2.24, 2.45) is 5.92 Å². The van der Waals surface area contributed by atoms with Crippen molar-refractivity contribution in [3.8, 4) is 5.75 Å². The Balaban J connectivity index is 2.01. The Kier molecular flexibility index (Phi) is 8.28. The molecule has 0 saturated carbocycles. The molecule has 1 aromatic carbocycles. The van der Waals surface area contributed by atoms with E-state index in [1.807, 2.05) is 6.07 Å². The lowest BCUT2D eigenvalue weighted by Gasteiger charge is -2.09. The van der Waals surface area contributed by atoms with E-state index in [-0.39, 0.29) is 5.82 Å². The van der Waals surface area contributed by atoms with Gasteiger partial charge in [-0.3, -0.25) is 0 Å². The summed E-state index contributed by atoms with van der Waals surface area (Å²) in [6, 6.07) is 5.28. The average molecular weight is 281 g/mol. The van der Waals surface area contributed by atoms with E-state index in [0.29, 0.717) is 23.8 Å². The maximum absolute atomic E-state index is 13.6. The largest absolute Gasteiger partial charge is 0.491 e. The number of aryl methyl sites for hydroxylation is 1. The van der Waals surface area contributed by atoms with Gasteiger partial charge in [-0.05, 0) is 50.4 Å². The number of rotatable bonds is 10. The van der Waals surface area contributed by atoms with E-state index in [4.69, 9.17) is 4.74 Å². The van der Waals surface area contributed by atoms with Crippen LogP contribution in [0.2, 0.25) is 0 Å². The number of benzene rings is 1. The highest BCUT2D eigenvalue weighted by atomic mass is 19.1. The van der Waals surface area contributed by atoms with E-state index in [9.17, 15) is 4.39 Å². The molecule has 114 valence electrons. The first-order chi connectivity index (χ1) is 9.61. The van der Waals surface area contributed by atoms with Crippen molar-refractivity contribution in [2.75, 3.05) is 19.7 Å². The highest BCUT2D eigenvalue weighted by molar-refractivity contribution is 5.29. The molecule has 0 aliphatic heterocycles. The normalized spacial score (nSPS) is 11.1. The number of ether oxygens (including phenoxy) is 1. The van der Waals surface area contributed by atoms with Gasteiger partial charge in [-0.2, -0.15) is 0 Å². The van der Waals surface area contributed by atoms with E-state index in [0.717, 1.165) is 25.9 Å². The van der Waals surface area contributed by atoms with Gasteiger partial charge in [-0.15, -0.1) is 0 Å². The average Bonchev–Trinajstić information content (AvgIpc) is 2.41. The zero-order chi connectivity index (χ0) is 14.8. The molecule has 3 heteroatoms. The van der Waals surface area contributed by atoms with Gasteiger partial charge in [0.25, 0.3) is 0 Å². The van der Waals surface area contributed by atoms with E-state index >= 15 is 0 Å². The summed E-state index contributed by atoms with van der Waals surface area (Å²) in [5.74, 6) is 0.863. The van der Waals surface area contributed by atoms with Gasteiger partial charge in [0.1, 0.15) is 0 Å². The summed E-state index contributed by atoms with van der Waals surface area (Å²) in [6.45, 7) is 8.97. The lowest BCUT2D eigenvalue weighted by Crippen LogP contribution is -2.20. The molecule has 0 fully saturated rings. The van der Waals surface area contributed by atoms with Gasteiger partial charge in [0.2, 0.25) is 0 Å². The van der Waals surface area contributed by atoms with Gasteiger partial charge in [0.05, 0.1) is 6.61 Å². The summed E-state index contributed by atoms with van der Waals surface area (Å²) >= 11 is 0. The van der Waals surface area contributed by atoms with Crippen LogP contribution in [0.1, 0.15) is 45.1 Å². The van der Waals surface area contributed by atoms with Crippen LogP contribution in [0.15, 0.2) is 18.2 Å². The molecule has 1 aromatic rings. The van der Waals surface area contributed by atoms with Gasteiger partial charge in [0, 0.05) is 0 Å². The molecule has 1 N–H and O–H groups in total. The molecule has 0 bridgehead atoms. The van der Waals surface area contributed by atoms with Crippen LogP contribution in [-0.2, 0) is 0 Å². The summed E-state index contributed by atoms with van der Waals surface area (Å²) in [5, 5.41) is 3.43.